The van der Waals surface area contributed by atoms with Crippen LogP contribution in [0.25, 0.3) is 0 Å². The van der Waals surface area contributed by atoms with Gasteiger partial charge < -0.3 is 10.2 Å². The van der Waals surface area contributed by atoms with Crippen molar-refractivity contribution < 1.29 is 9.59 Å². The predicted octanol–water partition coefficient (Wildman–Crippen LogP) is 0.871. The van der Waals surface area contributed by atoms with Crippen molar-refractivity contribution in [2.45, 2.75) is 4.90 Å². The van der Waals surface area contributed by atoms with Crippen molar-refractivity contribution in [3.8, 4) is 0 Å². The van der Waals surface area contributed by atoms with Crippen LogP contribution in [0, 0.1) is 0 Å². The van der Waals surface area contributed by atoms with Crippen LogP contribution in [-0.2, 0) is 9.59 Å². The molecule has 0 spiro atoms. The van der Waals surface area contributed by atoms with Crippen molar-refractivity contribution in [2.24, 2.45) is 0 Å². The van der Waals surface area contributed by atoms with Gasteiger partial charge in [0.2, 0.25) is 11.8 Å². The Morgan fingerprint density at radius 2 is 1.94 bits per heavy atom. The van der Waals surface area contributed by atoms with Crippen molar-refractivity contribution in [2.75, 3.05) is 24.2 Å². The minimum absolute atomic E-state index is 0.0727. The third kappa shape index (κ3) is 2.19. The highest BCUT2D eigenvalue weighted by molar-refractivity contribution is 7.98. The Morgan fingerprint density at radius 3 is 2.56 bits per heavy atom. The van der Waals surface area contributed by atoms with Gasteiger partial charge in [0, 0.05) is 10.6 Å². The van der Waals surface area contributed by atoms with Crippen LogP contribution in [0.2, 0.25) is 0 Å². The summed E-state index contributed by atoms with van der Waals surface area (Å²) in [6, 6.07) is 7.62. The zero-order chi connectivity index (χ0) is 11.5. The van der Waals surface area contributed by atoms with E-state index in [-0.39, 0.29) is 24.9 Å². The Morgan fingerprint density at radius 1 is 1.25 bits per heavy atom. The molecular formula is C11H12N2O2S. The van der Waals surface area contributed by atoms with E-state index in [1.54, 1.807) is 11.8 Å². The number of benzene rings is 1. The molecule has 1 aliphatic heterocycles. The number of rotatable bonds is 2. The van der Waals surface area contributed by atoms with Gasteiger partial charge in [0.05, 0.1) is 6.54 Å². The van der Waals surface area contributed by atoms with Crippen molar-refractivity contribution in [1.29, 1.82) is 0 Å². The lowest BCUT2D eigenvalue weighted by atomic mass is 10.2. The lowest BCUT2D eigenvalue weighted by Gasteiger charge is -2.26. The molecule has 1 aliphatic rings. The van der Waals surface area contributed by atoms with Gasteiger partial charge in [-0.3, -0.25) is 9.59 Å². The fourth-order valence-electron chi connectivity index (χ4n) is 1.55. The monoisotopic (exact) mass is 236 g/mol. The summed E-state index contributed by atoms with van der Waals surface area (Å²) in [5.74, 6) is -0.190. The number of piperazine rings is 1. The molecule has 0 saturated carbocycles. The van der Waals surface area contributed by atoms with E-state index in [0.717, 1.165) is 10.6 Å². The number of carbonyl (C=O) groups is 2. The van der Waals surface area contributed by atoms with E-state index in [9.17, 15) is 9.59 Å². The smallest absolute Gasteiger partial charge is 0.246 e. The summed E-state index contributed by atoms with van der Waals surface area (Å²) < 4.78 is 0. The largest absolute Gasteiger partial charge is 0.345 e. The average molecular weight is 236 g/mol. The maximum atomic E-state index is 11.6. The highest BCUT2D eigenvalue weighted by Gasteiger charge is 2.23. The Bertz CT molecular complexity index is 416. The molecule has 2 amide bonds. The highest BCUT2D eigenvalue weighted by atomic mass is 32.2. The lowest BCUT2D eigenvalue weighted by Crippen LogP contribution is -2.51. The maximum absolute atomic E-state index is 11.6. The second-order valence-electron chi connectivity index (χ2n) is 3.45. The Hall–Kier alpha value is -1.49. The first-order chi connectivity index (χ1) is 7.70. The number of carbonyl (C=O) groups excluding carboxylic acids is 2. The molecule has 1 aromatic rings. The predicted molar refractivity (Wildman–Crippen MR) is 63.6 cm³/mol. The van der Waals surface area contributed by atoms with Gasteiger partial charge in [-0.1, -0.05) is 0 Å². The Balaban J connectivity index is 2.21. The average Bonchev–Trinajstić information content (AvgIpc) is 2.32. The molecule has 1 fully saturated rings. The SMILES string of the molecule is CSc1ccc(N2CC(=O)NCC2=O)cc1. The molecule has 1 saturated heterocycles. The van der Waals surface area contributed by atoms with Crippen LogP contribution in [-0.4, -0.2) is 31.2 Å². The zero-order valence-corrected chi connectivity index (χ0v) is 9.71. The van der Waals surface area contributed by atoms with Gasteiger partial charge in [0.15, 0.2) is 0 Å². The summed E-state index contributed by atoms with van der Waals surface area (Å²) in [6.45, 7) is 0.195. The standard InChI is InChI=1S/C11H12N2O2S/c1-16-9-4-2-8(3-5-9)13-7-10(14)12-6-11(13)15/h2-5H,6-7H2,1H3,(H,12,14). The Kier molecular flexibility index (Phi) is 3.14. The number of hydrogen-bond acceptors (Lipinski definition) is 3. The molecule has 0 unspecified atom stereocenters. The van der Waals surface area contributed by atoms with E-state index in [1.165, 1.54) is 4.90 Å². The Labute approximate surface area is 98.0 Å². The van der Waals surface area contributed by atoms with E-state index >= 15 is 0 Å². The van der Waals surface area contributed by atoms with Crippen molar-refractivity contribution in [1.82, 2.24) is 5.32 Å². The molecule has 5 heteroatoms. The molecule has 0 bridgehead atoms. The van der Waals surface area contributed by atoms with Gasteiger partial charge in [-0.05, 0) is 30.5 Å². The molecule has 0 aromatic heterocycles. The summed E-state index contributed by atoms with van der Waals surface area (Å²) in [4.78, 5) is 25.4. The second kappa shape index (κ2) is 4.57. The molecular weight excluding hydrogens is 224 g/mol. The van der Waals surface area contributed by atoms with Gasteiger partial charge in [-0.2, -0.15) is 0 Å². The minimum atomic E-state index is -0.117. The third-order valence-electron chi connectivity index (χ3n) is 2.42. The lowest BCUT2D eigenvalue weighted by molar-refractivity contribution is -0.128. The number of amides is 2. The third-order valence-corrected chi connectivity index (χ3v) is 3.17. The first-order valence-corrected chi connectivity index (χ1v) is 6.14. The number of hydrogen-bond donors (Lipinski definition) is 1. The van der Waals surface area contributed by atoms with Crippen molar-refractivity contribution in [3.63, 3.8) is 0 Å². The van der Waals surface area contributed by atoms with E-state index in [4.69, 9.17) is 0 Å². The van der Waals surface area contributed by atoms with Gasteiger partial charge in [-0.15, -0.1) is 11.8 Å². The maximum Gasteiger partial charge on any atom is 0.246 e. The first kappa shape index (κ1) is 11.0. The quantitative estimate of drug-likeness (QED) is 0.775. The summed E-state index contributed by atoms with van der Waals surface area (Å²) in [7, 11) is 0. The molecule has 16 heavy (non-hydrogen) atoms. The number of thioether (sulfide) groups is 1. The molecule has 1 heterocycles. The minimum Gasteiger partial charge on any atom is -0.345 e. The van der Waals surface area contributed by atoms with E-state index in [0.29, 0.717) is 0 Å². The summed E-state index contributed by atoms with van der Waals surface area (Å²) in [5, 5.41) is 2.52. The van der Waals surface area contributed by atoms with Crippen LogP contribution in [0.3, 0.4) is 0 Å². The highest BCUT2D eigenvalue weighted by Crippen LogP contribution is 2.21. The van der Waals surface area contributed by atoms with Crippen LogP contribution >= 0.6 is 11.8 Å². The van der Waals surface area contributed by atoms with Gasteiger partial charge in [0.1, 0.15) is 6.54 Å². The fraction of sp³-hybridized carbons (Fsp3) is 0.273. The van der Waals surface area contributed by atoms with Crippen LogP contribution in [0.4, 0.5) is 5.69 Å². The fourth-order valence-corrected chi connectivity index (χ4v) is 1.96. The molecule has 1 N–H and O–H groups in total. The van der Waals surface area contributed by atoms with E-state index < -0.39 is 0 Å². The van der Waals surface area contributed by atoms with E-state index in [2.05, 4.69) is 5.32 Å². The summed E-state index contributed by atoms with van der Waals surface area (Å²) in [6.07, 6.45) is 1.99. The molecule has 2 rings (SSSR count). The molecule has 0 aliphatic carbocycles. The van der Waals surface area contributed by atoms with Crippen LogP contribution in [0.15, 0.2) is 29.2 Å². The molecule has 0 radical (unpaired) electrons. The second-order valence-corrected chi connectivity index (χ2v) is 4.33. The molecule has 0 atom stereocenters. The normalized spacial score (nSPS) is 16.2. The number of nitrogens with zero attached hydrogens (tertiary/aromatic N) is 1. The summed E-state index contributed by atoms with van der Waals surface area (Å²) >= 11 is 1.64. The number of anilines is 1. The molecule has 1 aromatic carbocycles. The zero-order valence-electron chi connectivity index (χ0n) is 8.90. The van der Waals surface area contributed by atoms with Crippen LogP contribution in [0.1, 0.15) is 0 Å². The topological polar surface area (TPSA) is 49.4 Å². The van der Waals surface area contributed by atoms with Crippen LogP contribution < -0.4 is 10.2 Å². The van der Waals surface area contributed by atoms with Crippen molar-refractivity contribution >= 4 is 29.3 Å². The summed E-state index contributed by atoms with van der Waals surface area (Å²) in [5.41, 5.74) is 0.776. The van der Waals surface area contributed by atoms with E-state index in [1.807, 2.05) is 30.5 Å². The van der Waals surface area contributed by atoms with Gasteiger partial charge in [0.25, 0.3) is 0 Å². The number of nitrogens with one attached hydrogen (secondary N) is 1. The van der Waals surface area contributed by atoms with Crippen LogP contribution in [0.5, 0.6) is 0 Å². The van der Waals surface area contributed by atoms with Crippen molar-refractivity contribution in [3.05, 3.63) is 24.3 Å². The van der Waals surface area contributed by atoms with Gasteiger partial charge >= 0.3 is 0 Å². The molecule has 4 nitrogen and oxygen atoms in total. The first-order valence-electron chi connectivity index (χ1n) is 4.92. The molecule has 84 valence electrons. The van der Waals surface area contributed by atoms with Gasteiger partial charge in [-0.25, -0.2) is 0 Å².